The second-order valence-corrected chi connectivity index (χ2v) is 8.30. The minimum absolute atomic E-state index is 0.226. The van der Waals surface area contributed by atoms with Gasteiger partial charge in [-0.3, -0.25) is 9.59 Å². The molecule has 6 nitrogen and oxygen atoms in total. The van der Waals surface area contributed by atoms with Gasteiger partial charge in [-0.15, -0.1) is 10.2 Å². The topological polar surface area (TPSA) is 75.2 Å². The highest BCUT2D eigenvalue weighted by Gasteiger charge is 2.20. The smallest absolute Gasteiger partial charge is 0.286 e. The van der Waals surface area contributed by atoms with Crippen molar-refractivity contribution in [3.8, 4) is 0 Å². The molecule has 0 spiro atoms. The number of rotatable bonds is 6. The second-order valence-electron chi connectivity index (χ2n) is 7.24. The van der Waals surface area contributed by atoms with Crippen LogP contribution in [0.3, 0.4) is 0 Å². The lowest BCUT2D eigenvalue weighted by Crippen LogP contribution is -2.37. The Morgan fingerprint density at radius 2 is 1.89 bits per heavy atom. The monoisotopic (exact) mass is 386 g/mol. The Bertz CT molecular complexity index is 780. The van der Waals surface area contributed by atoms with Crippen LogP contribution in [-0.4, -0.2) is 40.0 Å². The first-order valence-corrected chi connectivity index (χ1v) is 10.3. The number of piperidine rings is 1. The molecule has 7 heteroatoms. The van der Waals surface area contributed by atoms with Gasteiger partial charge in [-0.05, 0) is 44.2 Å². The standard InChI is InChI=1S/C20H26N4O2S/c1-14-6-8-16(9-7-14)21-19(26)20-23-22-17(27-20)4-3-5-18(25)24-12-10-15(2)11-13-24/h6-9,15H,3-5,10-13H2,1-2H3,(H,21,26). The molecule has 0 aliphatic carbocycles. The average molecular weight is 387 g/mol. The molecule has 0 atom stereocenters. The molecule has 1 aromatic carbocycles. The highest BCUT2D eigenvalue weighted by Crippen LogP contribution is 2.19. The van der Waals surface area contributed by atoms with Gasteiger partial charge in [0.25, 0.3) is 5.91 Å². The normalized spacial score (nSPS) is 15.0. The molecule has 3 rings (SSSR count). The number of nitrogens with zero attached hydrogens (tertiary/aromatic N) is 3. The number of aromatic nitrogens is 2. The lowest BCUT2D eigenvalue weighted by atomic mass is 9.99. The fraction of sp³-hybridized carbons (Fsp3) is 0.500. The first kappa shape index (κ1) is 19.5. The van der Waals surface area contributed by atoms with Gasteiger partial charge in [-0.1, -0.05) is 36.0 Å². The zero-order valence-electron chi connectivity index (χ0n) is 15.9. The molecule has 144 valence electrons. The van der Waals surface area contributed by atoms with E-state index in [1.54, 1.807) is 0 Å². The number of nitrogens with one attached hydrogen (secondary N) is 1. The van der Waals surface area contributed by atoms with E-state index >= 15 is 0 Å². The summed E-state index contributed by atoms with van der Waals surface area (Å²) < 4.78 is 0. The molecular formula is C20H26N4O2S. The van der Waals surface area contributed by atoms with Crippen molar-refractivity contribution < 1.29 is 9.59 Å². The first-order chi connectivity index (χ1) is 13.0. The summed E-state index contributed by atoms with van der Waals surface area (Å²) in [6, 6.07) is 7.62. The molecular weight excluding hydrogens is 360 g/mol. The van der Waals surface area contributed by atoms with Crippen molar-refractivity contribution in [2.24, 2.45) is 5.92 Å². The minimum atomic E-state index is -0.249. The Labute approximate surface area is 164 Å². The van der Waals surface area contributed by atoms with Gasteiger partial charge in [0.15, 0.2) is 0 Å². The molecule has 1 saturated heterocycles. The Hall–Kier alpha value is -2.28. The maximum atomic E-state index is 12.3. The summed E-state index contributed by atoms with van der Waals surface area (Å²) in [6.45, 7) is 5.99. The van der Waals surface area contributed by atoms with Gasteiger partial charge in [0.2, 0.25) is 10.9 Å². The van der Waals surface area contributed by atoms with Crippen LogP contribution in [0, 0.1) is 12.8 Å². The number of likely N-dealkylation sites (tertiary alicyclic amines) is 1. The number of amides is 2. The number of carbonyl (C=O) groups is 2. The van der Waals surface area contributed by atoms with Crippen LogP contribution in [0.5, 0.6) is 0 Å². The van der Waals surface area contributed by atoms with Crippen molar-refractivity contribution in [1.82, 2.24) is 15.1 Å². The predicted octanol–water partition coefficient (Wildman–Crippen LogP) is 3.68. The lowest BCUT2D eigenvalue weighted by Gasteiger charge is -2.30. The SMILES string of the molecule is Cc1ccc(NC(=O)c2nnc(CCCC(=O)N3CCC(C)CC3)s2)cc1. The molecule has 2 heterocycles. The number of hydrogen-bond acceptors (Lipinski definition) is 5. The number of hydrogen-bond donors (Lipinski definition) is 1. The van der Waals surface area contributed by atoms with Crippen LogP contribution in [0.15, 0.2) is 24.3 Å². The van der Waals surface area contributed by atoms with Gasteiger partial charge in [0.05, 0.1) is 0 Å². The van der Waals surface area contributed by atoms with E-state index in [2.05, 4.69) is 22.4 Å². The first-order valence-electron chi connectivity index (χ1n) is 9.49. The summed E-state index contributed by atoms with van der Waals surface area (Å²) >= 11 is 1.29. The van der Waals surface area contributed by atoms with E-state index in [-0.39, 0.29) is 11.8 Å². The van der Waals surface area contributed by atoms with Crippen molar-refractivity contribution in [2.75, 3.05) is 18.4 Å². The molecule has 1 fully saturated rings. The maximum absolute atomic E-state index is 12.3. The largest absolute Gasteiger partial charge is 0.343 e. The van der Waals surface area contributed by atoms with Crippen LogP contribution < -0.4 is 5.32 Å². The summed E-state index contributed by atoms with van der Waals surface area (Å²) in [4.78, 5) is 26.5. The van der Waals surface area contributed by atoms with E-state index in [0.717, 1.165) is 54.5 Å². The molecule has 1 aliphatic heterocycles. The van der Waals surface area contributed by atoms with Crippen molar-refractivity contribution in [1.29, 1.82) is 0 Å². The summed E-state index contributed by atoms with van der Waals surface area (Å²) in [5, 5.41) is 12.1. The second kappa shape index (κ2) is 9.08. The van der Waals surface area contributed by atoms with Gasteiger partial charge in [-0.2, -0.15) is 0 Å². The van der Waals surface area contributed by atoms with Crippen molar-refractivity contribution in [3.63, 3.8) is 0 Å². The van der Waals surface area contributed by atoms with Gasteiger partial charge >= 0.3 is 0 Å². The van der Waals surface area contributed by atoms with Gasteiger partial charge < -0.3 is 10.2 Å². The Morgan fingerprint density at radius 3 is 2.59 bits per heavy atom. The molecule has 1 N–H and O–H groups in total. The van der Waals surface area contributed by atoms with Gasteiger partial charge in [0.1, 0.15) is 5.01 Å². The lowest BCUT2D eigenvalue weighted by molar-refractivity contribution is -0.132. The van der Waals surface area contributed by atoms with E-state index in [1.165, 1.54) is 11.3 Å². The van der Waals surface area contributed by atoms with Gasteiger partial charge in [0, 0.05) is 31.6 Å². The van der Waals surface area contributed by atoms with Crippen LogP contribution in [-0.2, 0) is 11.2 Å². The number of anilines is 1. The highest BCUT2D eigenvalue weighted by molar-refractivity contribution is 7.13. The molecule has 27 heavy (non-hydrogen) atoms. The molecule has 2 aromatic rings. The van der Waals surface area contributed by atoms with E-state index in [0.29, 0.717) is 17.8 Å². The van der Waals surface area contributed by atoms with Crippen molar-refractivity contribution in [3.05, 3.63) is 39.8 Å². The number of benzene rings is 1. The zero-order valence-corrected chi connectivity index (χ0v) is 16.7. The van der Waals surface area contributed by atoms with Crippen LogP contribution in [0.1, 0.15) is 53.0 Å². The third-order valence-electron chi connectivity index (χ3n) is 4.89. The van der Waals surface area contributed by atoms with Crippen molar-refractivity contribution >= 4 is 28.8 Å². The molecule has 1 aliphatic rings. The highest BCUT2D eigenvalue weighted by atomic mass is 32.1. The third-order valence-corrected chi connectivity index (χ3v) is 5.87. The summed E-state index contributed by atoms with van der Waals surface area (Å²) in [5.74, 6) is 0.699. The third kappa shape index (κ3) is 5.60. The number of carbonyl (C=O) groups excluding carboxylic acids is 2. The maximum Gasteiger partial charge on any atom is 0.286 e. The summed E-state index contributed by atoms with van der Waals surface area (Å²) in [7, 11) is 0. The van der Waals surface area contributed by atoms with Crippen LogP contribution in [0.4, 0.5) is 5.69 Å². The van der Waals surface area contributed by atoms with Crippen LogP contribution >= 0.6 is 11.3 Å². The van der Waals surface area contributed by atoms with E-state index < -0.39 is 0 Å². The Kier molecular flexibility index (Phi) is 6.55. The molecule has 0 saturated carbocycles. The fourth-order valence-electron chi connectivity index (χ4n) is 3.07. The minimum Gasteiger partial charge on any atom is -0.343 e. The number of aryl methyl sites for hydroxylation is 2. The predicted molar refractivity (Wildman–Crippen MR) is 107 cm³/mol. The zero-order chi connectivity index (χ0) is 19.2. The quantitative estimate of drug-likeness (QED) is 0.822. The van der Waals surface area contributed by atoms with Crippen LogP contribution in [0.25, 0.3) is 0 Å². The molecule has 0 bridgehead atoms. The van der Waals surface area contributed by atoms with Gasteiger partial charge in [-0.25, -0.2) is 0 Å². The summed E-state index contributed by atoms with van der Waals surface area (Å²) in [5.41, 5.74) is 1.88. The molecule has 0 unspecified atom stereocenters. The fourth-order valence-corrected chi connectivity index (χ4v) is 3.85. The summed E-state index contributed by atoms with van der Waals surface area (Å²) in [6.07, 6.45) is 4.13. The molecule has 2 amide bonds. The Balaban J connectivity index is 1.44. The molecule has 1 aromatic heterocycles. The average Bonchev–Trinajstić information content (AvgIpc) is 3.13. The molecule has 0 radical (unpaired) electrons. The van der Waals surface area contributed by atoms with E-state index in [4.69, 9.17) is 0 Å². The van der Waals surface area contributed by atoms with Crippen LogP contribution in [0.2, 0.25) is 0 Å². The van der Waals surface area contributed by atoms with E-state index in [1.807, 2.05) is 36.1 Å². The van der Waals surface area contributed by atoms with Crippen molar-refractivity contribution in [2.45, 2.75) is 46.0 Å². The van der Waals surface area contributed by atoms with E-state index in [9.17, 15) is 9.59 Å². The Morgan fingerprint density at radius 1 is 1.19 bits per heavy atom.